The Labute approximate surface area is 126 Å². The summed E-state index contributed by atoms with van der Waals surface area (Å²) in [5.41, 5.74) is 10.7. The van der Waals surface area contributed by atoms with E-state index in [9.17, 15) is 0 Å². The number of anilines is 1. The summed E-state index contributed by atoms with van der Waals surface area (Å²) >= 11 is 3.61. The van der Waals surface area contributed by atoms with Gasteiger partial charge in [-0.05, 0) is 41.7 Å². The van der Waals surface area contributed by atoms with Gasteiger partial charge >= 0.3 is 0 Å². The van der Waals surface area contributed by atoms with E-state index in [1.54, 1.807) is 11.3 Å². The summed E-state index contributed by atoms with van der Waals surface area (Å²) in [7, 11) is 0. The molecular formula is C16H14N2S2. The number of nitrogen functional groups attached to an aromatic ring is 1. The van der Waals surface area contributed by atoms with Gasteiger partial charge in [0.1, 0.15) is 0 Å². The van der Waals surface area contributed by atoms with Crippen LogP contribution >= 0.6 is 23.1 Å². The minimum atomic E-state index is 0.688. The van der Waals surface area contributed by atoms with Crippen LogP contribution in [0.5, 0.6) is 0 Å². The number of fused-ring (bicyclic) bond motifs is 2. The summed E-state index contributed by atoms with van der Waals surface area (Å²) in [6.07, 6.45) is 1.21. The highest BCUT2D eigenvalue weighted by Crippen LogP contribution is 2.40. The molecule has 4 rings (SSSR count). The lowest BCUT2D eigenvalue weighted by Crippen LogP contribution is -2.18. The number of thiazole rings is 1. The second kappa shape index (κ2) is 4.79. The topological polar surface area (TPSA) is 38.9 Å². The number of benzene rings is 2. The summed E-state index contributed by atoms with van der Waals surface area (Å²) in [6, 6.07) is 14.7. The molecule has 1 atom stereocenters. The molecule has 0 saturated heterocycles. The third-order valence-corrected chi connectivity index (χ3v) is 6.09. The van der Waals surface area contributed by atoms with Gasteiger partial charge < -0.3 is 5.73 Å². The van der Waals surface area contributed by atoms with Gasteiger partial charge in [0, 0.05) is 11.4 Å². The molecule has 1 aromatic heterocycles. The number of nitrogens with two attached hydrogens (primary N) is 1. The normalized spacial score (nSPS) is 16.9. The van der Waals surface area contributed by atoms with Gasteiger partial charge in [0.25, 0.3) is 0 Å². The zero-order chi connectivity index (χ0) is 13.5. The largest absolute Gasteiger partial charge is 0.399 e. The quantitative estimate of drug-likeness (QED) is 0.578. The molecule has 1 unspecified atom stereocenters. The molecule has 2 N–H and O–H groups in total. The van der Waals surface area contributed by atoms with Crippen molar-refractivity contribution in [3.63, 3.8) is 0 Å². The van der Waals surface area contributed by atoms with Crippen LogP contribution in [0.4, 0.5) is 5.69 Å². The first-order valence-corrected chi connectivity index (χ1v) is 8.46. The number of hydrogen-bond donors (Lipinski definition) is 1. The maximum Gasteiger partial charge on any atom is 0.151 e. The molecule has 2 nitrogen and oxygen atoms in total. The average Bonchev–Trinajstić information content (AvgIpc) is 2.81. The Kier molecular flexibility index (Phi) is 2.93. The Balaban J connectivity index is 1.49. The summed E-state index contributed by atoms with van der Waals surface area (Å²) in [6.45, 7) is 0. The van der Waals surface area contributed by atoms with Gasteiger partial charge in [-0.15, -0.1) is 11.3 Å². The molecule has 1 aliphatic rings. The predicted octanol–water partition coefficient (Wildman–Crippen LogP) is 4.31. The van der Waals surface area contributed by atoms with Crippen LogP contribution in [0, 0.1) is 0 Å². The minimum absolute atomic E-state index is 0.688. The fraction of sp³-hybridized carbons (Fsp3) is 0.188. The minimum Gasteiger partial charge on any atom is -0.399 e. The molecule has 0 amide bonds. The maximum atomic E-state index is 5.81. The van der Waals surface area contributed by atoms with Crippen LogP contribution in [-0.2, 0) is 6.42 Å². The van der Waals surface area contributed by atoms with E-state index in [2.05, 4.69) is 29.2 Å². The van der Waals surface area contributed by atoms with E-state index < -0.39 is 0 Å². The SMILES string of the molecule is Nc1ccc2nc(SCC3Cc4ccccc43)sc2c1. The van der Waals surface area contributed by atoms with Crippen molar-refractivity contribution in [1.82, 2.24) is 4.98 Å². The molecule has 2 aromatic carbocycles. The van der Waals surface area contributed by atoms with Crippen molar-refractivity contribution in [2.24, 2.45) is 0 Å². The monoisotopic (exact) mass is 298 g/mol. The fourth-order valence-corrected chi connectivity index (χ4v) is 4.92. The zero-order valence-corrected chi connectivity index (χ0v) is 12.5. The molecule has 0 radical (unpaired) electrons. The molecule has 4 heteroatoms. The summed E-state index contributed by atoms with van der Waals surface area (Å²) in [4.78, 5) is 4.67. The smallest absolute Gasteiger partial charge is 0.151 e. The summed E-state index contributed by atoms with van der Waals surface area (Å²) < 4.78 is 2.33. The Hall–Kier alpha value is -1.52. The molecule has 20 heavy (non-hydrogen) atoms. The van der Waals surface area contributed by atoms with E-state index >= 15 is 0 Å². The van der Waals surface area contributed by atoms with Crippen LogP contribution in [0.1, 0.15) is 17.0 Å². The van der Waals surface area contributed by atoms with Crippen LogP contribution in [0.3, 0.4) is 0 Å². The number of rotatable bonds is 3. The number of nitrogens with zero attached hydrogens (tertiary/aromatic N) is 1. The first-order chi connectivity index (χ1) is 9.79. The van der Waals surface area contributed by atoms with E-state index in [1.807, 2.05) is 30.0 Å². The maximum absolute atomic E-state index is 5.81. The van der Waals surface area contributed by atoms with Crippen molar-refractivity contribution >= 4 is 39.0 Å². The Morgan fingerprint density at radius 1 is 1.25 bits per heavy atom. The Bertz CT molecular complexity index is 779. The molecule has 3 aromatic rings. The van der Waals surface area contributed by atoms with Crippen molar-refractivity contribution in [3.8, 4) is 0 Å². The fourth-order valence-electron chi connectivity index (χ4n) is 2.67. The van der Waals surface area contributed by atoms with E-state index in [0.717, 1.165) is 21.3 Å². The van der Waals surface area contributed by atoms with Gasteiger partial charge in [-0.2, -0.15) is 0 Å². The molecule has 0 fully saturated rings. The van der Waals surface area contributed by atoms with Crippen LogP contribution in [-0.4, -0.2) is 10.7 Å². The number of hydrogen-bond acceptors (Lipinski definition) is 4. The summed E-state index contributed by atoms with van der Waals surface area (Å²) in [5, 5.41) is 0. The van der Waals surface area contributed by atoms with Crippen molar-refractivity contribution in [3.05, 3.63) is 53.6 Å². The molecule has 0 aliphatic heterocycles. The summed E-state index contributed by atoms with van der Waals surface area (Å²) in [5.74, 6) is 1.81. The Morgan fingerprint density at radius 2 is 2.15 bits per heavy atom. The lowest BCUT2D eigenvalue weighted by atomic mass is 9.79. The zero-order valence-electron chi connectivity index (χ0n) is 10.9. The highest BCUT2D eigenvalue weighted by molar-refractivity contribution is 8.01. The van der Waals surface area contributed by atoms with Crippen LogP contribution in [0.2, 0.25) is 0 Å². The average molecular weight is 298 g/mol. The first-order valence-electron chi connectivity index (χ1n) is 6.66. The van der Waals surface area contributed by atoms with Crippen LogP contribution in [0.15, 0.2) is 46.8 Å². The molecule has 100 valence electrons. The Morgan fingerprint density at radius 3 is 3.05 bits per heavy atom. The molecule has 0 bridgehead atoms. The van der Waals surface area contributed by atoms with Gasteiger partial charge in [-0.25, -0.2) is 4.98 Å². The van der Waals surface area contributed by atoms with E-state index in [-0.39, 0.29) is 0 Å². The van der Waals surface area contributed by atoms with E-state index in [1.165, 1.54) is 22.2 Å². The van der Waals surface area contributed by atoms with Crippen LogP contribution < -0.4 is 5.73 Å². The van der Waals surface area contributed by atoms with Gasteiger partial charge in [0.05, 0.1) is 10.2 Å². The number of aromatic nitrogens is 1. The predicted molar refractivity (Wildman–Crippen MR) is 87.6 cm³/mol. The van der Waals surface area contributed by atoms with Crippen molar-refractivity contribution < 1.29 is 0 Å². The van der Waals surface area contributed by atoms with E-state index in [0.29, 0.717) is 5.92 Å². The second-order valence-corrected chi connectivity index (χ2v) is 7.42. The van der Waals surface area contributed by atoms with Crippen molar-refractivity contribution in [2.75, 3.05) is 11.5 Å². The highest BCUT2D eigenvalue weighted by atomic mass is 32.2. The third-order valence-electron chi connectivity index (χ3n) is 3.76. The third kappa shape index (κ3) is 2.09. The van der Waals surface area contributed by atoms with Gasteiger partial charge in [-0.1, -0.05) is 36.0 Å². The molecule has 0 spiro atoms. The second-order valence-electron chi connectivity index (χ2n) is 5.12. The van der Waals surface area contributed by atoms with Crippen molar-refractivity contribution in [1.29, 1.82) is 0 Å². The number of thioether (sulfide) groups is 1. The van der Waals surface area contributed by atoms with E-state index in [4.69, 9.17) is 5.73 Å². The standard InChI is InChI=1S/C16H14N2S2/c17-12-5-6-14-15(8-12)20-16(18-14)19-9-11-7-10-3-1-2-4-13(10)11/h1-6,8,11H,7,9,17H2. The molecular weight excluding hydrogens is 284 g/mol. The van der Waals surface area contributed by atoms with Gasteiger partial charge in [0.2, 0.25) is 0 Å². The van der Waals surface area contributed by atoms with Gasteiger partial charge in [-0.3, -0.25) is 0 Å². The van der Waals surface area contributed by atoms with Crippen LogP contribution in [0.25, 0.3) is 10.2 Å². The molecule has 1 heterocycles. The molecule has 0 saturated carbocycles. The first kappa shape index (κ1) is 12.2. The highest BCUT2D eigenvalue weighted by Gasteiger charge is 2.25. The van der Waals surface area contributed by atoms with Gasteiger partial charge in [0.15, 0.2) is 4.34 Å². The van der Waals surface area contributed by atoms with Crippen molar-refractivity contribution in [2.45, 2.75) is 16.7 Å². The lowest BCUT2D eigenvalue weighted by Gasteiger charge is -2.29. The lowest BCUT2D eigenvalue weighted by molar-refractivity contribution is 0.677. The molecule has 1 aliphatic carbocycles.